The van der Waals surface area contributed by atoms with Crippen LogP contribution in [0.3, 0.4) is 0 Å². The highest BCUT2D eigenvalue weighted by atomic mass is 35.5. The summed E-state index contributed by atoms with van der Waals surface area (Å²) >= 11 is 6.47. The quantitative estimate of drug-likeness (QED) is 0.466. The van der Waals surface area contributed by atoms with E-state index in [0.717, 1.165) is 34.3 Å². The highest BCUT2D eigenvalue weighted by Crippen LogP contribution is 2.31. The molecule has 2 atom stereocenters. The SMILES string of the molecule is C[C@@H](O)[C@]1(C)CN=C(Cc2ccc3ncnc(Nc4ccc(OCC5=NC=CC5)c(Cl)c4)c3c2)O1. The molecule has 0 unspecified atom stereocenters. The largest absolute Gasteiger partial charge is 0.486 e. The molecule has 0 radical (unpaired) electrons. The van der Waals surface area contributed by atoms with Crippen LogP contribution in [0.5, 0.6) is 5.75 Å². The van der Waals surface area contributed by atoms with Crippen molar-refractivity contribution in [3.8, 4) is 5.75 Å². The molecular formula is C26H26ClN5O3. The minimum absolute atomic E-state index is 0.407. The van der Waals surface area contributed by atoms with E-state index in [9.17, 15) is 5.11 Å². The molecule has 1 aromatic heterocycles. The van der Waals surface area contributed by atoms with Crippen molar-refractivity contribution in [2.45, 2.75) is 38.4 Å². The number of aliphatic hydroxyl groups excluding tert-OH is 1. The van der Waals surface area contributed by atoms with Gasteiger partial charge < -0.3 is 19.9 Å². The first-order valence-corrected chi connectivity index (χ1v) is 11.8. The lowest BCUT2D eigenvalue weighted by Crippen LogP contribution is -2.41. The van der Waals surface area contributed by atoms with Crippen molar-refractivity contribution < 1.29 is 14.6 Å². The van der Waals surface area contributed by atoms with Gasteiger partial charge in [0.05, 0.1) is 28.9 Å². The summed E-state index contributed by atoms with van der Waals surface area (Å²) in [7, 11) is 0. The van der Waals surface area contributed by atoms with E-state index in [4.69, 9.17) is 21.1 Å². The third-order valence-corrected chi connectivity index (χ3v) is 6.46. The summed E-state index contributed by atoms with van der Waals surface area (Å²) in [5.74, 6) is 1.88. The highest BCUT2D eigenvalue weighted by molar-refractivity contribution is 6.32. The standard InChI is InChI=1S/C26H26ClN5O3/c1-16(33)26(2)14-29-24(35-26)11-17-5-7-22-20(10-17)25(31-15-30-22)32-18-6-8-23(21(27)12-18)34-13-19-4-3-9-28-19/h3,5-10,12,15-16,33H,4,11,13-14H2,1-2H3,(H,30,31,32)/t16-,26+/m1/s1. The van der Waals surface area contributed by atoms with Gasteiger partial charge in [-0.2, -0.15) is 0 Å². The molecule has 2 aliphatic heterocycles. The lowest BCUT2D eigenvalue weighted by molar-refractivity contribution is -0.0207. The Balaban J connectivity index is 1.32. The first-order valence-electron chi connectivity index (χ1n) is 11.4. The molecule has 9 heteroatoms. The maximum absolute atomic E-state index is 9.98. The fraction of sp³-hybridized carbons (Fsp3) is 0.308. The molecule has 2 aliphatic rings. The maximum atomic E-state index is 9.98. The zero-order valence-corrected chi connectivity index (χ0v) is 20.3. The summed E-state index contributed by atoms with van der Waals surface area (Å²) in [5.41, 5.74) is 2.89. The molecule has 180 valence electrons. The van der Waals surface area contributed by atoms with Crippen LogP contribution < -0.4 is 10.1 Å². The van der Waals surface area contributed by atoms with Crippen LogP contribution in [0, 0.1) is 0 Å². The lowest BCUT2D eigenvalue weighted by atomic mass is 10.0. The molecule has 0 aliphatic carbocycles. The third kappa shape index (κ3) is 5.13. The van der Waals surface area contributed by atoms with Crippen molar-refractivity contribution in [2.75, 3.05) is 18.5 Å². The van der Waals surface area contributed by atoms with E-state index in [0.29, 0.717) is 42.1 Å². The average Bonchev–Trinajstić information content (AvgIpc) is 3.49. The van der Waals surface area contributed by atoms with Crippen LogP contribution >= 0.6 is 11.6 Å². The van der Waals surface area contributed by atoms with Gasteiger partial charge in [0.15, 0.2) is 11.5 Å². The van der Waals surface area contributed by atoms with Crippen molar-refractivity contribution in [3.63, 3.8) is 0 Å². The van der Waals surface area contributed by atoms with Gasteiger partial charge in [-0.05, 0) is 49.7 Å². The minimum atomic E-state index is -0.682. The van der Waals surface area contributed by atoms with Crippen LogP contribution in [0.15, 0.2) is 65.0 Å². The number of anilines is 2. The third-order valence-electron chi connectivity index (χ3n) is 6.16. The van der Waals surface area contributed by atoms with E-state index < -0.39 is 11.7 Å². The molecule has 8 nitrogen and oxygen atoms in total. The second-order valence-corrected chi connectivity index (χ2v) is 9.30. The van der Waals surface area contributed by atoms with Gasteiger partial charge in [0, 0.05) is 30.1 Å². The second kappa shape index (κ2) is 9.64. The van der Waals surface area contributed by atoms with E-state index >= 15 is 0 Å². The molecule has 3 aromatic rings. The van der Waals surface area contributed by atoms with Crippen molar-refractivity contribution in [1.29, 1.82) is 0 Å². The molecule has 0 spiro atoms. The predicted molar refractivity (Wildman–Crippen MR) is 138 cm³/mol. The number of ether oxygens (including phenoxy) is 2. The number of halogens is 1. The molecule has 3 heterocycles. The van der Waals surface area contributed by atoms with Crippen molar-refractivity contribution in [2.24, 2.45) is 9.98 Å². The summed E-state index contributed by atoms with van der Waals surface area (Å²) < 4.78 is 11.8. The monoisotopic (exact) mass is 491 g/mol. The Labute approximate surface area is 208 Å². The van der Waals surface area contributed by atoms with Gasteiger partial charge in [0.2, 0.25) is 0 Å². The molecule has 2 N–H and O–H groups in total. The number of benzene rings is 2. The summed E-state index contributed by atoms with van der Waals surface area (Å²) in [6.07, 6.45) is 6.02. The molecule has 35 heavy (non-hydrogen) atoms. The maximum Gasteiger partial charge on any atom is 0.188 e. The summed E-state index contributed by atoms with van der Waals surface area (Å²) in [5, 5.41) is 14.7. The Morgan fingerprint density at radius 1 is 1.23 bits per heavy atom. The van der Waals surface area contributed by atoms with Crippen molar-refractivity contribution in [3.05, 3.63) is 65.6 Å². The zero-order chi connectivity index (χ0) is 24.4. The Kier molecular flexibility index (Phi) is 6.40. The first-order chi connectivity index (χ1) is 16.9. The van der Waals surface area contributed by atoms with Gasteiger partial charge in [-0.3, -0.25) is 9.98 Å². The smallest absolute Gasteiger partial charge is 0.188 e. The Bertz CT molecular complexity index is 1350. The molecular weight excluding hydrogens is 466 g/mol. The van der Waals surface area contributed by atoms with Crippen LogP contribution in [-0.2, 0) is 11.2 Å². The molecule has 0 bridgehead atoms. The van der Waals surface area contributed by atoms with Gasteiger partial charge in [0.1, 0.15) is 24.5 Å². The van der Waals surface area contributed by atoms with Crippen LogP contribution in [0.2, 0.25) is 5.02 Å². The number of rotatable bonds is 8. The van der Waals surface area contributed by atoms with E-state index in [1.807, 2.05) is 43.3 Å². The Morgan fingerprint density at radius 2 is 2.11 bits per heavy atom. The average molecular weight is 492 g/mol. The number of nitrogens with zero attached hydrogens (tertiary/aromatic N) is 4. The van der Waals surface area contributed by atoms with Gasteiger partial charge >= 0.3 is 0 Å². The fourth-order valence-electron chi connectivity index (χ4n) is 3.87. The number of hydrogen-bond acceptors (Lipinski definition) is 8. The number of aliphatic hydroxyl groups is 1. The van der Waals surface area contributed by atoms with E-state index in [1.54, 1.807) is 19.2 Å². The van der Waals surface area contributed by atoms with Crippen LogP contribution in [0.25, 0.3) is 10.9 Å². The van der Waals surface area contributed by atoms with Crippen molar-refractivity contribution in [1.82, 2.24) is 9.97 Å². The number of allylic oxidation sites excluding steroid dienone is 1. The Hall–Kier alpha value is -3.49. The number of aromatic nitrogens is 2. The summed E-state index contributed by atoms with van der Waals surface area (Å²) in [4.78, 5) is 17.6. The first kappa shape index (κ1) is 23.3. The van der Waals surface area contributed by atoms with E-state index in [1.165, 1.54) is 6.33 Å². The fourth-order valence-corrected chi connectivity index (χ4v) is 4.10. The van der Waals surface area contributed by atoms with Crippen LogP contribution in [0.1, 0.15) is 25.8 Å². The molecule has 2 aromatic carbocycles. The number of nitrogens with one attached hydrogen (secondary N) is 1. The van der Waals surface area contributed by atoms with E-state index in [-0.39, 0.29) is 0 Å². The van der Waals surface area contributed by atoms with Gasteiger partial charge in [0.25, 0.3) is 0 Å². The Morgan fingerprint density at radius 3 is 2.86 bits per heavy atom. The summed E-state index contributed by atoms with van der Waals surface area (Å²) in [6, 6.07) is 11.5. The lowest BCUT2D eigenvalue weighted by Gasteiger charge is -2.26. The minimum Gasteiger partial charge on any atom is -0.486 e. The molecule has 0 amide bonds. The van der Waals surface area contributed by atoms with Gasteiger partial charge in [-0.15, -0.1) is 0 Å². The van der Waals surface area contributed by atoms with Gasteiger partial charge in [-0.1, -0.05) is 23.7 Å². The number of hydrogen-bond donors (Lipinski definition) is 2. The van der Waals surface area contributed by atoms with Crippen LogP contribution in [-0.4, -0.2) is 51.5 Å². The number of aliphatic imine (C=N–C) groups is 2. The molecule has 0 fully saturated rings. The van der Waals surface area contributed by atoms with E-state index in [2.05, 4.69) is 25.3 Å². The second-order valence-electron chi connectivity index (χ2n) is 8.89. The highest BCUT2D eigenvalue weighted by Gasteiger charge is 2.37. The normalized spacial score (nSPS) is 19.9. The van der Waals surface area contributed by atoms with Gasteiger partial charge in [-0.25, -0.2) is 9.97 Å². The summed E-state index contributed by atoms with van der Waals surface area (Å²) in [6.45, 7) is 4.43. The molecule has 0 saturated carbocycles. The van der Waals surface area contributed by atoms with Crippen molar-refractivity contribution >= 4 is 45.6 Å². The zero-order valence-electron chi connectivity index (χ0n) is 19.5. The topological polar surface area (TPSA) is 101 Å². The predicted octanol–water partition coefficient (Wildman–Crippen LogP) is 4.87. The number of fused-ring (bicyclic) bond motifs is 1. The molecule has 5 rings (SSSR count). The molecule has 0 saturated heterocycles. The van der Waals surface area contributed by atoms with Crippen LogP contribution in [0.4, 0.5) is 11.5 Å².